The highest BCUT2D eigenvalue weighted by Crippen LogP contribution is 2.57. The van der Waals surface area contributed by atoms with Gasteiger partial charge >= 0.3 is 5.97 Å². The van der Waals surface area contributed by atoms with Crippen molar-refractivity contribution >= 4 is 5.97 Å². The van der Waals surface area contributed by atoms with Crippen molar-refractivity contribution < 1.29 is 63.9 Å². The van der Waals surface area contributed by atoms with Gasteiger partial charge in [-0.3, -0.25) is 0 Å². The van der Waals surface area contributed by atoms with Crippen molar-refractivity contribution in [3.05, 3.63) is 35.9 Å². The number of methoxy groups -OCH3 is 2. The number of hydrogen-bond donors (Lipinski definition) is 6. The van der Waals surface area contributed by atoms with E-state index in [2.05, 4.69) is 0 Å². The number of aliphatic hydroxyl groups is 5. The van der Waals surface area contributed by atoms with Gasteiger partial charge in [0.2, 0.25) is 12.0 Å². The number of phenolic OH excluding ortho intramolecular Hbond substituents is 1. The number of hydrogen-bond acceptors (Lipinski definition) is 13. The number of aliphatic hydroxyl groups excluding tert-OH is 4. The van der Waals surface area contributed by atoms with Crippen LogP contribution < -0.4 is 14.2 Å². The first-order chi connectivity index (χ1) is 19.7. The second kappa shape index (κ2) is 12.0. The summed E-state index contributed by atoms with van der Waals surface area (Å²) in [6.45, 7) is 5.04. The largest absolute Gasteiger partial charge is 0.504 e. The van der Waals surface area contributed by atoms with E-state index < -0.39 is 66.0 Å². The van der Waals surface area contributed by atoms with E-state index in [1.165, 1.54) is 32.4 Å². The maximum absolute atomic E-state index is 12.5. The second-order valence-electron chi connectivity index (χ2n) is 11.6. The van der Waals surface area contributed by atoms with Crippen molar-refractivity contribution in [3.63, 3.8) is 0 Å². The number of benzene rings is 1. The number of esters is 1. The topological polar surface area (TPSA) is 194 Å². The zero-order chi connectivity index (χ0) is 31.0. The number of fused-ring (bicyclic) bond motifs is 2. The Kier molecular flexibility index (Phi) is 9.14. The van der Waals surface area contributed by atoms with E-state index in [-0.39, 0.29) is 36.0 Å². The van der Waals surface area contributed by atoms with Crippen LogP contribution in [-0.2, 0) is 19.0 Å². The maximum Gasteiger partial charge on any atom is 0.331 e. The Morgan fingerprint density at radius 1 is 1.07 bits per heavy atom. The quantitative estimate of drug-likeness (QED) is 0.130. The standard InChI is InChI=1S/C29H40O13/c1-15(6-7-29(36)27(2)11-16(30)12-28(29,3)40-14-27)8-21(32)39-13-20-22(33)23(34)24(35)26(42-20)41-17-9-18(31)25(38-5)19(10-17)37-4/h6-10,16,20,22-24,26,30-31,33-36H,11-14H2,1-5H3. The number of ether oxygens (including phenoxy) is 6. The smallest absolute Gasteiger partial charge is 0.331 e. The van der Waals surface area contributed by atoms with Gasteiger partial charge < -0.3 is 59.1 Å². The van der Waals surface area contributed by atoms with Crippen LogP contribution in [0.4, 0.5) is 0 Å². The summed E-state index contributed by atoms with van der Waals surface area (Å²) in [6, 6.07) is 2.56. The molecule has 42 heavy (non-hydrogen) atoms. The molecule has 1 aromatic carbocycles. The number of carbonyl (C=O) groups excluding carboxylic acids is 1. The molecule has 1 aliphatic carbocycles. The zero-order valence-corrected chi connectivity index (χ0v) is 24.2. The minimum absolute atomic E-state index is 0.00886. The van der Waals surface area contributed by atoms with Gasteiger partial charge in [-0.1, -0.05) is 13.0 Å². The normalized spacial score (nSPS) is 38.4. The van der Waals surface area contributed by atoms with Crippen LogP contribution in [0.2, 0.25) is 0 Å². The third-order valence-corrected chi connectivity index (χ3v) is 8.42. The van der Waals surface area contributed by atoms with Crippen LogP contribution >= 0.6 is 0 Å². The third kappa shape index (κ3) is 5.82. The van der Waals surface area contributed by atoms with Gasteiger partial charge in [0.1, 0.15) is 48.0 Å². The molecule has 1 aromatic rings. The van der Waals surface area contributed by atoms with E-state index in [1.807, 2.05) is 6.92 Å². The molecule has 4 rings (SSSR count). The summed E-state index contributed by atoms with van der Waals surface area (Å²) < 4.78 is 32.6. The van der Waals surface area contributed by atoms with Crippen LogP contribution in [0.3, 0.4) is 0 Å². The van der Waals surface area contributed by atoms with Crippen molar-refractivity contribution in [2.24, 2.45) is 5.41 Å². The Morgan fingerprint density at radius 2 is 1.79 bits per heavy atom. The summed E-state index contributed by atoms with van der Waals surface area (Å²) >= 11 is 0. The molecule has 13 heteroatoms. The van der Waals surface area contributed by atoms with Gasteiger partial charge in [-0.15, -0.1) is 0 Å². The molecule has 2 heterocycles. The van der Waals surface area contributed by atoms with Crippen LogP contribution in [0.5, 0.6) is 23.0 Å². The lowest BCUT2D eigenvalue weighted by molar-refractivity contribution is -0.278. The second-order valence-corrected chi connectivity index (χ2v) is 11.6. The van der Waals surface area contributed by atoms with Gasteiger partial charge in [0, 0.05) is 30.0 Å². The highest BCUT2D eigenvalue weighted by molar-refractivity contribution is 5.83. The molecule has 0 radical (unpaired) electrons. The summed E-state index contributed by atoms with van der Waals surface area (Å²) in [5.74, 6) is -0.884. The molecule has 2 aliphatic heterocycles. The van der Waals surface area contributed by atoms with Crippen molar-refractivity contribution in [2.75, 3.05) is 27.4 Å². The first-order valence-corrected chi connectivity index (χ1v) is 13.6. The summed E-state index contributed by atoms with van der Waals surface area (Å²) in [5, 5.41) is 63.2. The highest BCUT2D eigenvalue weighted by atomic mass is 16.7. The Bertz CT molecular complexity index is 1190. The van der Waals surface area contributed by atoms with Gasteiger partial charge in [-0.25, -0.2) is 4.79 Å². The lowest BCUT2D eigenvalue weighted by atomic mass is 9.59. The summed E-state index contributed by atoms with van der Waals surface area (Å²) in [4.78, 5) is 12.5. The maximum atomic E-state index is 12.5. The van der Waals surface area contributed by atoms with Gasteiger partial charge in [0.15, 0.2) is 11.5 Å². The van der Waals surface area contributed by atoms with Crippen LogP contribution in [0.25, 0.3) is 0 Å². The van der Waals surface area contributed by atoms with Crippen LogP contribution in [0, 0.1) is 5.41 Å². The van der Waals surface area contributed by atoms with E-state index in [1.54, 1.807) is 26.0 Å². The monoisotopic (exact) mass is 596 g/mol. The van der Waals surface area contributed by atoms with Gasteiger partial charge in [-0.2, -0.15) is 0 Å². The van der Waals surface area contributed by atoms with E-state index in [0.717, 1.165) is 0 Å². The van der Waals surface area contributed by atoms with Crippen LogP contribution in [0.15, 0.2) is 35.9 Å². The fourth-order valence-corrected chi connectivity index (χ4v) is 5.99. The summed E-state index contributed by atoms with van der Waals surface area (Å²) in [7, 11) is 2.69. The lowest BCUT2D eigenvalue weighted by Gasteiger charge is -2.49. The van der Waals surface area contributed by atoms with Crippen LogP contribution in [0.1, 0.15) is 33.6 Å². The lowest BCUT2D eigenvalue weighted by Crippen LogP contribution is -2.60. The molecule has 6 N–H and O–H groups in total. The molecule has 9 atom stereocenters. The fourth-order valence-electron chi connectivity index (χ4n) is 5.99. The van der Waals surface area contributed by atoms with E-state index in [9.17, 15) is 35.4 Å². The molecule has 0 amide bonds. The molecular formula is C29H40O13. The van der Waals surface area contributed by atoms with Gasteiger partial charge in [-0.05, 0) is 31.9 Å². The molecule has 9 unspecified atom stereocenters. The number of rotatable bonds is 9. The Hall–Kier alpha value is -2.91. The minimum Gasteiger partial charge on any atom is -0.504 e. The molecule has 13 nitrogen and oxygen atoms in total. The predicted molar refractivity (Wildman–Crippen MR) is 145 cm³/mol. The molecule has 1 saturated carbocycles. The summed E-state index contributed by atoms with van der Waals surface area (Å²) in [5.41, 5.74) is -2.59. The van der Waals surface area contributed by atoms with Crippen molar-refractivity contribution in [3.8, 4) is 23.0 Å². The minimum atomic E-state index is -1.70. The molecule has 234 valence electrons. The molecule has 0 spiro atoms. The van der Waals surface area contributed by atoms with Crippen LogP contribution in [-0.4, -0.2) is 112 Å². The summed E-state index contributed by atoms with van der Waals surface area (Å²) in [6.07, 6.45) is -3.33. The van der Waals surface area contributed by atoms with Gasteiger partial charge in [0.05, 0.1) is 26.9 Å². The van der Waals surface area contributed by atoms with Gasteiger partial charge in [0.25, 0.3) is 0 Å². The number of aromatic hydroxyl groups is 1. The molecule has 2 saturated heterocycles. The first kappa shape index (κ1) is 32.0. The fraction of sp³-hybridized carbons (Fsp3) is 0.621. The Labute approximate surface area is 243 Å². The predicted octanol–water partition coefficient (Wildman–Crippen LogP) is 0.322. The third-order valence-electron chi connectivity index (χ3n) is 8.42. The van der Waals surface area contributed by atoms with E-state index in [0.29, 0.717) is 12.0 Å². The van der Waals surface area contributed by atoms with E-state index >= 15 is 0 Å². The highest BCUT2D eigenvalue weighted by Gasteiger charge is 2.67. The molecule has 3 fully saturated rings. The average Bonchev–Trinajstić information content (AvgIpc) is 3.02. The van der Waals surface area contributed by atoms with E-state index in [4.69, 9.17) is 28.4 Å². The molecule has 2 bridgehead atoms. The van der Waals surface area contributed by atoms with Crippen molar-refractivity contribution in [1.29, 1.82) is 0 Å². The van der Waals surface area contributed by atoms with Crippen molar-refractivity contribution in [2.45, 2.75) is 81.6 Å². The zero-order valence-electron chi connectivity index (χ0n) is 24.2. The first-order valence-electron chi connectivity index (χ1n) is 13.6. The number of allylic oxidation sites excluding steroid dienone is 2. The SMILES string of the molecule is COc1cc(OC2OC(COC(=O)C=C(C)C=CC3(O)C4(C)COC3(C)CC(O)C4)C(O)C(O)C2O)cc(O)c1OC. The molecule has 0 aromatic heterocycles. The average molecular weight is 597 g/mol. The molecule has 3 aliphatic rings. The van der Waals surface area contributed by atoms with Crippen molar-refractivity contribution in [1.82, 2.24) is 0 Å². The molecular weight excluding hydrogens is 556 g/mol. The number of phenols is 1. The number of carbonyl (C=O) groups is 1. The Balaban J connectivity index is 1.39. The Morgan fingerprint density at radius 3 is 2.43 bits per heavy atom.